The van der Waals surface area contributed by atoms with Crippen molar-refractivity contribution < 1.29 is 0 Å². The van der Waals surface area contributed by atoms with Crippen LogP contribution in [0.3, 0.4) is 0 Å². The Morgan fingerprint density at radius 2 is 1.71 bits per heavy atom. The van der Waals surface area contributed by atoms with Crippen LogP contribution in [0, 0.1) is 0 Å². The Hall–Kier alpha value is -4.06. The molecule has 0 bridgehead atoms. The summed E-state index contributed by atoms with van der Waals surface area (Å²) < 4.78 is 1.86. The quantitative estimate of drug-likeness (QED) is 0.549. The zero-order valence-corrected chi connectivity index (χ0v) is 15.0. The van der Waals surface area contributed by atoms with Crippen LogP contribution in [0.2, 0.25) is 0 Å². The summed E-state index contributed by atoms with van der Waals surface area (Å²) in [6, 6.07) is 15.8. The highest BCUT2D eigenvalue weighted by molar-refractivity contribution is 6.14. The molecule has 28 heavy (non-hydrogen) atoms. The molecular formula is C22H16N6. The molecule has 0 radical (unpaired) electrons. The Morgan fingerprint density at radius 1 is 0.857 bits per heavy atom. The van der Waals surface area contributed by atoms with Gasteiger partial charge >= 0.3 is 0 Å². The zero-order valence-electron chi connectivity index (χ0n) is 15.0. The summed E-state index contributed by atoms with van der Waals surface area (Å²) in [6.45, 7) is 4.16. The minimum atomic E-state index is 0.754. The van der Waals surface area contributed by atoms with Crippen LogP contribution in [0.4, 0.5) is 5.69 Å². The van der Waals surface area contributed by atoms with Gasteiger partial charge < -0.3 is 0 Å². The molecule has 4 aromatic rings. The van der Waals surface area contributed by atoms with Gasteiger partial charge in [-0.15, -0.1) is 0 Å². The van der Waals surface area contributed by atoms with E-state index >= 15 is 0 Å². The van der Waals surface area contributed by atoms with E-state index in [-0.39, 0.29) is 0 Å². The molecule has 6 heteroatoms. The Kier molecular flexibility index (Phi) is 3.80. The molecule has 0 aliphatic carbocycles. The van der Waals surface area contributed by atoms with Gasteiger partial charge in [0.1, 0.15) is 5.71 Å². The molecule has 0 fully saturated rings. The molecule has 6 nitrogen and oxygen atoms in total. The van der Waals surface area contributed by atoms with Crippen molar-refractivity contribution in [3.63, 3.8) is 0 Å². The fourth-order valence-electron chi connectivity index (χ4n) is 3.23. The second-order valence-electron chi connectivity index (χ2n) is 6.32. The monoisotopic (exact) mass is 364 g/mol. The van der Waals surface area contributed by atoms with E-state index in [1.807, 2.05) is 70.5 Å². The van der Waals surface area contributed by atoms with E-state index in [1.165, 1.54) is 0 Å². The van der Waals surface area contributed by atoms with Gasteiger partial charge in [-0.1, -0.05) is 24.8 Å². The molecule has 4 heterocycles. The Bertz CT molecular complexity index is 1230. The highest BCUT2D eigenvalue weighted by Crippen LogP contribution is 2.25. The van der Waals surface area contributed by atoms with Crippen molar-refractivity contribution >= 4 is 22.3 Å². The summed E-state index contributed by atoms with van der Waals surface area (Å²) in [5.74, 6) is 0. The number of hydrazone groups is 1. The lowest BCUT2D eigenvalue weighted by Gasteiger charge is -2.21. The van der Waals surface area contributed by atoms with Crippen LogP contribution in [-0.2, 0) is 0 Å². The molecule has 0 amide bonds. The number of hydrogen-bond donors (Lipinski definition) is 0. The molecule has 5 rings (SSSR count). The Labute approximate surface area is 161 Å². The van der Waals surface area contributed by atoms with Gasteiger partial charge in [0.2, 0.25) is 0 Å². The van der Waals surface area contributed by atoms with E-state index < -0.39 is 0 Å². The molecule has 0 N–H and O–H groups in total. The summed E-state index contributed by atoms with van der Waals surface area (Å²) in [4.78, 5) is 8.62. The van der Waals surface area contributed by atoms with E-state index in [9.17, 15) is 0 Å². The van der Waals surface area contributed by atoms with Gasteiger partial charge in [-0.05, 0) is 42.0 Å². The molecule has 1 aliphatic heterocycles. The first-order chi connectivity index (χ1) is 13.8. The fraction of sp³-hybridized carbons (Fsp3) is 0. The van der Waals surface area contributed by atoms with Crippen LogP contribution in [0.5, 0.6) is 0 Å². The third kappa shape index (κ3) is 2.68. The van der Waals surface area contributed by atoms with E-state index in [4.69, 9.17) is 5.10 Å². The molecule has 0 saturated heterocycles. The van der Waals surface area contributed by atoms with E-state index in [0.29, 0.717) is 0 Å². The molecule has 1 aromatic carbocycles. The van der Waals surface area contributed by atoms with Crippen molar-refractivity contribution in [1.29, 1.82) is 0 Å². The number of rotatable bonds is 3. The van der Waals surface area contributed by atoms with Crippen molar-refractivity contribution in [3.05, 3.63) is 103 Å². The number of pyridine rings is 2. The van der Waals surface area contributed by atoms with Gasteiger partial charge in [0, 0.05) is 30.2 Å². The first kappa shape index (κ1) is 16.1. The summed E-state index contributed by atoms with van der Waals surface area (Å²) in [5, 5.41) is 12.2. The highest BCUT2D eigenvalue weighted by atomic mass is 15.5. The number of fused-ring (bicyclic) bond motifs is 1. The molecular weight excluding hydrogens is 348 g/mol. The second kappa shape index (κ2) is 6.59. The maximum absolute atomic E-state index is 4.80. The maximum atomic E-state index is 4.80. The van der Waals surface area contributed by atoms with E-state index in [2.05, 4.69) is 21.6 Å². The van der Waals surface area contributed by atoms with Crippen LogP contribution < -0.4 is 5.01 Å². The zero-order chi connectivity index (χ0) is 18.9. The Morgan fingerprint density at radius 3 is 2.61 bits per heavy atom. The van der Waals surface area contributed by atoms with Crippen molar-refractivity contribution in [3.8, 4) is 5.69 Å². The van der Waals surface area contributed by atoms with Crippen LogP contribution in [0.15, 0.2) is 103 Å². The molecule has 0 spiro atoms. The van der Waals surface area contributed by atoms with Crippen molar-refractivity contribution in [1.82, 2.24) is 19.7 Å². The summed E-state index contributed by atoms with van der Waals surface area (Å²) in [6.07, 6.45) is 10.9. The molecule has 3 aromatic heterocycles. The lowest BCUT2D eigenvalue weighted by atomic mass is 10.1. The predicted molar refractivity (Wildman–Crippen MR) is 110 cm³/mol. The third-order valence-corrected chi connectivity index (χ3v) is 4.58. The normalized spacial score (nSPS) is 13.8. The smallest absolute Gasteiger partial charge is 0.116 e. The fourth-order valence-corrected chi connectivity index (χ4v) is 3.23. The SMILES string of the molecule is C=C1C=CN(c2ccncc2)N=C1c1ccnn1-c1cccc2cccnc12. The van der Waals surface area contributed by atoms with E-state index in [0.717, 1.165) is 39.3 Å². The minimum Gasteiger partial charge on any atom is -0.265 e. The number of anilines is 1. The van der Waals surface area contributed by atoms with Crippen LogP contribution in [-0.4, -0.2) is 25.5 Å². The number of aromatic nitrogens is 4. The van der Waals surface area contributed by atoms with Crippen molar-refractivity contribution in [2.45, 2.75) is 0 Å². The molecule has 134 valence electrons. The first-order valence-corrected chi connectivity index (χ1v) is 8.85. The van der Waals surface area contributed by atoms with Gasteiger partial charge in [0.05, 0.1) is 28.8 Å². The lowest BCUT2D eigenvalue weighted by Crippen LogP contribution is -2.21. The number of benzene rings is 1. The Balaban J connectivity index is 1.64. The van der Waals surface area contributed by atoms with Crippen molar-refractivity contribution in [2.24, 2.45) is 5.10 Å². The van der Waals surface area contributed by atoms with Gasteiger partial charge in [-0.25, -0.2) is 9.69 Å². The largest absolute Gasteiger partial charge is 0.265 e. The highest BCUT2D eigenvalue weighted by Gasteiger charge is 2.19. The van der Waals surface area contributed by atoms with Crippen LogP contribution >= 0.6 is 0 Å². The van der Waals surface area contributed by atoms with Gasteiger partial charge in [0.15, 0.2) is 0 Å². The predicted octanol–water partition coefficient (Wildman–Crippen LogP) is 4.11. The molecule has 0 saturated carbocycles. The minimum absolute atomic E-state index is 0.754. The van der Waals surface area contributed by atoms with Crippen LogP contribution in [0.1, 0.15) is 5.69 Å². The van der Waals surface area contributed by atoms with Gasteiger partial charge in [-0.2, -0.15) is 10.2 Å². The average Bonchev–Trinajstić information content (AvgIpc) is 3.24. The molecule has 0 unspecified atom stereocenters. The topological polar surface area (TPSA) is 59.2 Å². The summed E-state index contributed by atoms with van der Waals surface area (Å²) in [5.41, 5.74) is 5.14. The summed E-state index contributed by atoms with van der Waals surface area (Å²) >= 11 is 0. The number of hydrogen-bond acceptors (Lipinski definition) is 5. The van der Waals surface area contributed by atoms with E-state index in [1.54, 1.807) is 24.8 Å². The maximum Gasteiger partial charge on any atom is 0.116 e. The first-order valence-electron chi connectivity index (χ1n) is 8.85. The number of para-hydroxylation sites is 1. The molecule has 0 atom stereocenters. The number of nitrogens with zero attached hydrogens (tertiary/aromatic N) is 6. The molecule has 1 aliphatic rings. The van der Waals surface area contributed by atoms with Gasteiger partial charge in [0.25, 0.3) is 0 Å². The van der Waals surface area contributed by atoms with Crippen molar-refractivity contribution in [2.75, 3.05) is 5.01 Å². The number of allylic oxidation sites excluding steroid dienone is 2. The summed E-state index contributed by atoms with van der Waals surface area (Å²) in [7, 11) is 0. The average molecular weight is 364 g/mol. The van der Waals surface area contributed by atoms with Crippen LogP contribution in [0.25, 0.3) is 16.6 Å². The lowest BCUT2D eigenvalue weighted by molar-refractivity contribution is 0.872. The second-order valence-corrected chi connectivity index (χ2v) is 6.32. The third-order valence-electron chi connectivity index (χ3n) is 4.58. The standard InChI is InChI=1S/C22H16N6/c1-16-10-15-27(18-7-12-23-13-8-18)26-21(16)20-9-14-25-28(20)19-6-2-4-17-5-3-11-24-22(17)19/h2-15H,1H2. The van der Waals surface area contributed by atoms with Gasteiger partial charge in [-0.3, -0.25) is 9.97 Å².